The van der Waals surface area contributed by atoms with E-state index < -0.39 is 0 Å². The van der Waals surface area contributed by atoms with Gasteiger partial charge in [-0.2, -0.15) is 0 Å². The summed E-state index contributed by atoms with van der Waals surface area (Å²) in [4.78, 5) is 15.7. The van der Waals surface area contributed by atoms with Gasteiger partial charge in [0.2, 0.25) is 0 Å². The highest BCUT2D eigenvalue weighted by Crippen LogP contribution is 2.09. The van der Waals surface area contributed by atoms with Gasteiger partial charge in [-0.05, 0) is 19.0 Å². The van der Waals surface area contributed by atoms with Crippen LogP contribution in [0.2, 0.25) is 0 Å². The van der Waals surface area contributed by atoms with Crippen LogP contribution in [0.25, 0.3) is 0 Å². The molecule has 92 valence electrons. The molecule has 3 nitrogen and oxygen atoms in total. The van der Waals surface area contributed by atoms with Crippen molar-refractivity contribution in [1.82, 2.24) is 9.80 Å². The van der Waals surface area contributed by atoms with Crippen LogP contribution in [0.1, 0.15) is 15.9 Å². The van der Waals surface area contributed by atoms with Gasteiger partial charge in [-0.3, -0.25) is 4.79 Å². The molecule has 1 aliphatic heterocycles. The van der Waals surface area contributed by atoms with Crippen molar-refractivity contribution in [2.75, 3.05) is 39.8 Å². The Balaban J connectivity index is 1.87. The summed E-state index contributed by atoms with van der Waals surface area (Å²) in [7, 11) is 2.17. The zero-order chi connectivity index (χ0) is 12.1. The van der Waals surface area contributed by atoms with E-state index in [1.54, 1.807) is 0 Å². The van der Waals surface area contributed by atoms with Gasteiger partial charge in [0.1, 0.15) is 6.29 Å². The molecule has 1 aromatic carbocycles. The molecule has 0 saturated carbocycles. The Hall–Kier alpha value is -1.19. The lowest BCUT2D eigenvalue weighted by Crippen LogP contribution is -2.45. The standard InChI is InChI=1S/C14H20N2O/c1-15-8-10-16(11-9-15)7-6-13-4-2-3-5-14(13)12-17/h2-5,12H,6-11H2,1H3. The molecule has 3 heteroatoms. The molecule has 0 N–H and O–H groups in total. The number of rotatable bonds is 4. The summed E-state index contributed by atoms with van der Waals surface area (Å²) >= 11 is 0. The highest BCUT2D eigenvalue weighted by molar-refractivity contribution is 5.77. The Kier molecular flexibility index (Phi) is 4.29. The minimum atomic E-state index is 0.835. The number of aldehydes is 1. The molecule has 0 amide bonds. The fourth-order valence-electron chi connectivity index (χ4n) is 2.23. The average molecular weight is 232 g/mol. The monoisotopic (exact) mass is 232 g/mol. The molecule has 1 heterocycles. The van der Waals surface area contributed by atoms with E-state index in [-0.39, 0.29) is 0 Å². The Labute approximate surface area is 103 Å². The van der Waals surface area contributed by atoms with E-state index in [0.717, 1.165) is 51.0 Å². The summed E-state index contributed by atoms with van der Waals surface area (Å²) in [5, 5.41) is 0. The predicted molar refractivity (Wildman–Crippen MR) is 69.5 cm³/mol. The van der Waals surface area contributed by atoms with Crippen molar-refractivity contribution in [3.63, 3.8) is 0 Å². The van der Waals surface area contributed by atoms with Crippen molar-refractivity contribution in [2.45, 2.75) is 6.42 Å². The number of piperazine rings is 1. The second-order valence-electron chi connectivity index (χ2n) is 4.71. The first kappa shape index (κ1) is 12.3. The summed E-state index contributed by atoms with van der Waals surface area (Å²) in [6.07, 6.45) is 1.93. The van der Waals surface area contributed by atoms with Crippen molar-refractivity contribution in [2.24, 2.45) is 0 Å². The van der Waals surface area contributed by atoms with Crippen LogP contribution in [0.4, 0.5) is 0 Å². The van der Waals surface area contributed by atoms with Gasteiger partial charge in [0, 0.05) is 38.3 Å². The topological polar surface area (TPSA) is 23.6 Å². The first-order valence-corrected chi connectivity index (χ1v) is 6.23. The number of hydrogen-bond acceptors (Lipinski definition) is 3. The van der Waals surface area contributed by atoms with Crippen molar-refractivity contribution >= 4 is 6.29 Å². The molecule has 17 heavy (non-hydrogen) atoms. The maximum Gasteiger partial charge on any atom is 0.150 e. The van der Waals surface area contributed by atoms with Gasteiger partial charge in [0.25, 0.3) is 0 Å². The van der Waals surface area contributed by atoms with Crippen molar-refractivity contribution < 1.29 is 4.79 Å². The molecule has 0 spiro atoms. The second kappa shape index (κ2) is 5.94. The van der Waals surface area contributed by atoms with Crippen LogP contribution in [-0.2, 0) is 6.42 Å². The summed E-state index contributed by atoms with van der Waals surface area (Å²) in [6.45, 7) is 5.63. The minimum absolute atomic E-state index is 0.835. The smallest absolute Gasteiger partial charge is 0.150 e. The highest BCUT2D eigenvalue weighted by Gasteiger charge is 2.13. The Morgan fingerprint density at radius 1 is 1.18 bits per heavy atom. The fraction of sp³-hybridized carbons (Fsp3) is 0.500. The molecule has 1 aromatic rings. The molecule has 2 rings (SSSR count). The number of nitrogens with zero attached hydrogens (tertiary/aromatic N) is 2. The Morgan fingerprint density at radius 2 is 1.88 bits per heavy atom. The Bertz CT molecular complexity index is 370. The van der Waals surface area contributed by atoms with Gasteiger partial charge in [-0.1, -0.05) is 24.3 Å². The normalized spacial score (nSPS) is 18.2. The van der Waals surface area contributed by atoms with Crippen LogP contribution >= 0.6 is 0 Å². The van der Waals surface area contributed by atoms with Crippen LogP contribution in [0, 0.1) is 0 Å². The van der Waals surface area contributed by atoms with E-state index in [0.29, 0.717) is 0 Å². The molecule has 0 atom stereocenters. The van der Waals surface area contributed by atoms with Crippen molar-refractivity contribution in [1.29, 1.82) is 0 Å². The number of likely N-dealkylation sites (N-methyl/N-ethyl adjacent to an activating group) is 1. The molecule has 0 bridgehead atoms. The zero-order valence-corrected chi connectivity index (χ0v) is 10.4. The van der Waals surface area contributed by atoms with Crippen molar-refractivity contribution in [3.8, 4) is 0 Å². The first-order chi connectivity index (χ1) is 8.29. The quantitative estimate of drug-likeness (QED) is 0.731. The third kappa shape index (κ3) is 3.38. The molecular formula is C14H20N2O. The molecule has 1 fully saturated rings. The van der Waals surface area contributed by atoms with Crippen LogP contribution < -0.4 is 0 Å². The largest absolute Gasteiger partial charge is 0.304 e. The summed E-state index contributed by atoms with van der Waals surface area (Å²) in [6, 6.07) is 7.88. The lowest BCUT2D eigenvalue weighted by molar-refractivity contribution is 0.112. The minimum Gasteiger partial charge on any atom is -0.304 e. The molecule has 0 radical (unpaired) electrons. The SMILES string of the molecule is CN1CCN(CCc2ccccc2C=O)CC1. The van der Waals surface area contributed by atoms with Gasteiger partial charge in [0.05, 0.1) is 0 Å². The lowest BCUT2D eigenvalue weighted by Gasteiger charge is -2.32. The summed E-state index contributed by atoms with van der Waals surface area (Å²) in [5.41, 5.74) is 2.00. The Morgan fingerprint density at radius 3 is 2.59 bits per heavy atom. The van der Waals surface area contributed by atoms with E-state index in [1.165, 1.54) is 5.56 Å². The molecule has 0 aliphatic carbocycles. The van der Waals surface area contributed by atoms with Gasteiger partial charge in [-0.15, -0.1) is 0 Å². The summed E-state index contributed by atoms with van der Waals surface area (Å²) in [5.74, 6) is 0. The molecule has 0 aromatic heterocycles. The molecule has 1 aliphatic rings. The maximum atomic E-state index is 10.9. The number of carbonyl (C=O) groups is 1. The number of benzene rings is 1. The van der Waals surface area contributed by atoms with Crippen molar-refractivity contribution in [3.05, 3.63) is 35.4 Å². The van der Waals surface area contributed by atoms with Crippen LogP contribution in [-0.4, -0.2) is 55.9 Å². The second-order valence-corrected chi connectivity index (χ2v) is 4.71. The van der Waals surface area contributed by atoms with Crippen LogP contribution in [0.5, 0.6) is 0 Å². The predicted octanol–water partition coefficient (Wildman–Crippen LogP) is 1.29. The van der Waals surface area contributed by atoms with Crippen LogP contribution in [0.15, 0.2) is 24.3 Å². The van der Waals surface area contributed by atoms with E-state index in [9.17, 15) is 4.79 Å². The van der Waals surface area contributed by atoms with Gasteiger partial charge < -0.3 is 9.80 Å². The first-order valence-electron chi connectivity index (χ1n) is 6.23. The fourth-order valence-corrected chi connectivity index (χ4v) is 2.23. The van der Waals surface area contributed by atoms with E-state index >= 15 is 0 Å². The van der Waals surface area contributed by atoms with E-state index in [2.05, 4.69) is 22.9 Å². The molecule has 0 unspecified atom stereocenters. The van der Waals surface area contributed by atoms with Gasteiger partial charge >= 0.3 is 0 Å². The van der Waals surface area contributed by atoms with E-state index in [4.69, 9.17) is 0 Å². The average Bonchev–Trinajstić information content (AvgIpc) is 2.38. The molecular weight excluding hydrogens is 212 g/mol. The van der Waals surface area contributed by atoms with E-state index in [1.807, 2.05) is 18.2 Å². The number of hydrogen-bond donors (Lipinski definition) is 0. The van der Waals surface area contributed by atoms with Gasteiger partial charge in [0.15, 0.2) is 0 Å². The third-order valence-electron chi connectivity index (χ3n) is 3.48. The molecule has 1 saturated heterocycles. The third-order valence-corrected chi connectivity index (χ3v) is 3.48. The summed E-state index contributed by atoms with van der Waals surface area (Å²) < 4.78 is 0. The van der Waals surface area contributed by atoms with Gasteiger partial charge in [-0.25, -0.2) is 0 Å². The number of carbonyl (C=O) groups excluding carboxylic acids is 1. The lowest BCUT2D eigenvalue weighted by atomic mass is 10.1. The van der Waals surface area contributed by atoms with Crippen LogP contribution in [0.3, 0.4) is 0 Å². The highest BCUT2D eigenvalue weighted by atomic mass is 16.1. The zero-order valence-electron chi connectivity index (χ0n) is 10.4. The maximum absolute atomic E-state index is 10.9.